The average molecular weight is 523 g/mol. The molecule has 3 aromatic rings. The highest BCUT2D eigenvalue weighted by Crippen LogP contribution is 2.40. The van der Waals surface area contributed by atoms with Gasteiger partial charge >= 0.3 is 0 Å². The van der Waals surface area contributed by atoms with Gasteiger partial charge in [0.2, 0.25) is 0 Å². The van der Waals surface area contributed by atoms with Crippen LogP contribution in [0, 0.1) is 17.7 Å². The summed E-state index contributed by atoms with van der Waals surface area (Å²) in [6.45, 7) is 4.66. The Kier molecular flexibility index (Phi) is 9.72. The molecule has 0 heterocycles. The van der Waals surface area contributed by atoms with E-state index in [9.17, 15) is 0 Å². The average Bonchev–Trinajstić information content (AvgIpc) is 2.98. The molecule has 0 nitrogen and oxygen atoms in total. The summed E-state index contributed by atoms with van der Waals surface area (Å²) in [4.78, 5) is 0. The number of rotatable bonds is 9. The van der Waals surface area contributed by atoms with E-state index in [0.29, 0.717) is 23.3 Å². The minimum absolute atomic E-state index is 0.0935. The second-order valence-electron chi connectivity index (χ2n) is 12.6. The van der Waals surface area contributed by atoms with E-state index in [2.05, 4.69) is 80.6 Å². The summed E-state index contributed by atoms with van der Waals surface area (Å²) in [6.07, 6.45) is 18.2. The highest BCUT2D eigenvalue weighted by Gasteiger charge is 2.25. The monoisotopic (exact) mass is 522 g/mol. The van der Waals surface area contributed by atoms with Crippen molar-refractivity contribution in [3.8, 4) is 0 Å². The lowest BCUT2D eigenvalue weighted by molar-refractivity contribution is 0.297. The molecule has 2 aliphatic carbocycles. The zero-order valence-corrected chi connectivity index (χ0v) is 24.1. The van der Waals surface area contributed by atoms with Crippen LogP contribution >= 0.6 is 0 Å². The first-order valence-electron chi connectivity index (χ1n) is 15.7. The van der Waals surface area contributed by atoms with E-state index in [4.69, 9.17) is 0 Å². The van der Waals surface area contributed by atoms with Crippen molar-refractivity contribution in [3.05, 3.63) is 106 Å². The molecule has 0 spiro atoms. The Labute approximate surface area is 236 Å². The van der Waals surface area contributed by atoms with E-state index in [1.165, 1.54) is 87.3 Å². The zero-order chi connectivity index (χ0) is 27.0. The van der Waals surface area contributed by atoms with Crippen LogP contribution in [0.3, 0.4) is 0 Å². The molecule has 0 radical (unpaired) electrons. The third-order valence-corrected chi connectivity index (χ3v) is 9.81. The Morgan fingerprint density at radius 2 is 1.33 bits per heavy atom. The van der Waals surface area contributed by atoms with E-state index < -0.39 is 0 Å². The van der Waals surface area contributed by atoms with Gasteiger partial charge in [0.05, 0.1) is 0 Å². The van der Waals surface area contributed by atoms with Crippen molar-refractivity contribution < 1.29 is 4.39 Å². The van der Waals surface area contributed by atoms with Crippen molar-refractivity contribution in [2.24, 2.45) is 11.8 Å². The maximum atomic E-state index is 15.1. The van der Waals surface area contributed by atoms with Gasteiger partial charge in [-0.05, 0) is 116 Å². The van der Waals surface area contributed by atoms with Crippen molar-refractivity contribution in [2.45, 2.75) is 102 Å². The van der Waals surface area contributed by atoms with Crippen LogP contribution in [0.5, 0.6) is 0 Å². The molecule has 0 saturated heterocycles. The molecule has 0 N–H and O–H groups in total. The topological polar surface area (TPSA) is 0 Å². The summed E-state index contributed by atoms with van der Waals surface area (Å²) in [6, 6.07) is 25.8. The van der Waals surface area contributed by atoms with Crippen molar-refractivity contribution in [3.63, 3.8) is 0 Å². The van der Waals surface area contributed by atoms with E-state index in [0.717, 1.165) is 17.4 Å². The lowest BCUT2D eigenvalue weighted by atomic mass is 9.75. The van der Waals surface area contributed by atoms with Gasteiger partial charge in [0.15, 0.2) is 0 Å². The maximum Gasteiger partial charge on any atom is 0.130 e. The normalized spacial score (nSPS) is 24.6. The fraction of sp³-hybridized carbons (Fsp3) is 0.474. The van der Waals surface area contributed by atoms with Crippen LogP contribution < -0.4 is 0 Å². The summed E-state index contributed by atoms with van der Waals surface area (Å²) in [5, 5.41) is 0. The van der Waals surface area contributed by atoms with Gasteiger partial charge in [0.25, 0.3) is 0 Å². The van der Waals surface area contributed by atoms with Crippen LogP contribution in [0.25, 0.3) is 12.2 Å². The Hall–Kier alpha value is -2.67. The fourth-order valence-corrected chi connectivity index (χ4v) is 7.34. The predicted molar refractivity (Wildman–Crippen MR) is 166 cm³/mol. The third kappa shape index (κ3) is 7.50. The molecule has 1 atom stereocenters. The minimum Gasteiger partial charge on any atom is -0.206 e. The molecular weight excluding hydrogens is 475 g/mol. The largest absolute Gasteiger partial charge is 0.206 e. The molecule has 2 fully saturated rings. The standard InChI is InChI=1S/C38H47F/c1-3-7-29-10-17-33(18-11-29)34-19-12-30(13-20-34)14-23-36-24-25-37(27-38(36)39)35-21-15-31(16-22-35)26-28(2)32-8-5-4-6-9-32/h4-6,8-9,12-14,19-20,23-25,27-29,31,33,35H,3,7,10-11,15-18,21-22,26H2,1-2H3/t28-,29?,31?,33?,35?/m1/s1. The van der Waals surface area contributed by atoms with Gasteiger partial charge in [-0.3, -0.25) is 0 Å². The molecule has 0 bridgehead atoms. The Morgan fingerprint density at radius 1 is 0.718 bits per heavy atom. The molecule has 39 heavy (non-hydrogen) atoms. The summed E-state index contributed by atoms with van der Waals surface area (Å²) >= 11 is 0. The van der Waals surface area contributed by atoms with Crippen LogP contribution in [-0.4, -0.2) is 0 Å². The first kappa shape index (κ1) is 27.9. The molecule has 0 amide bonds. The fourth-order valence-electron chi connectivity index (χ4n) is 7.34. The number of hydrogen-bond acceptors (Lipinski definition) is 0. The van der Waals surface area contributed by atoms with Crippen molar-refractivity contribution in [1.29, 1.82) is 0 Å². The molecule has 0 unspecified atom stereocenters. The predicted octanol–water partition coefficient (Wildman–Crippen LogP) is 11.5. The van der Waals surface area contributed by atoms with E-state index in [1.54, 1.807) is 6.07 Å². The summed E-state index contributed by atoms with van der Waals surface area (Å²) in [5.41, 5.74) is 5.93. The van der Waals surface area contributed by atoms with Gasteiger partial charge in [0, 0.05) is 5.56 Å². The van der Waals surface area contributed by atoms with Gasteiger partial charge < -0.3 is 0 Å². The molecule has 3 aromatic carbocycles. The summed E-state index contributed by atoms with van der Waals surface area (Å²) in [5.74, 6) is 3.44. The quantitative estimate of drug-likeness (QED) is 0.245. The van der Waals surface area contributed by atoms with Crippen LogP contribution in [0.1, 0.15) is 130 Å². The van der Waals surface area contributed by atoms with Crippen LogP contribution in [-0.2, 0) is 0 Å². The van der Waals surface area contributed by atoms with Crippen molar-refractivity contribution >= 4 is 12.2 Å². The summed E-state index contributed by atoms with van der Waals surface area (Å²) < 4.78 is 15.1. The second kappa shape index (κ2) is 13.6. The van der Waals surface area contributed by atoms with Gasteiger partial charge in [-0.1, -0.05) is 106 Å². The van der Waals surface area contributed by atoms with E-state index >= 15 is 4.39 Å². The van der Waals surface area contributed by atoms with Gasteiger partial charge in [-0.25, -0.2) is 4.39 Å². The molecule has 2 aliphatic rings. The molecule has 206 valence electrons. The molecule has 0 aromatic heterocycles. The van der Waals surface area contributed by atoms with Crippen molar-refractivity contribution in [1.82, 2.24) is 0 Å². The van der Waals surface area contributed by atoms with Gasteiger partial charge in [-0.15, -0.1) is 0 Å². The van der Waals surface area contributed by atoms with Gasteiger partial charge in [0.1, 0.15) is 5.82 Å². The lowest BCUT2D eigenvalue weighted by Crippen LogP contribution is -2.15. The van der Waals surface area contributed by atoms with Crippen LogP contribution in [0.15, 0.2) is 72.8 Å². The highest BCUT2D eigenvalue weighted by molar-refractivity contribution is 5.70. The Bertz CT molecular complexity index is 1180. The smallest absolute Gasteiger partial charge is 0.130 e. The molecule has 0 aliphatic heterocycles. The van der Waals surface area contributed by atoms with Crippen LogP contribution in [0.2, 0.25) is 0 Å². The van der Waals surface area contributed by atoms with Crippen molar-refractivity contribution in [2.75, 3.05) is 0 Å². The zero-order valence-electron chi connectivity index (χ0n) is 24.1. The highest BCUT2D eigenvalue weighted by atomic mass is 19.1. The second-order valence-corrected chi connectivity index (χ2v) is 12.6. The number of halogens is 1. The lowest BCUT2D eigenvalue weighted by Gasteiger charge is -2.30. The Morgan fingerprint density at radius 3 is 1.97 bits per heavy atom. The molecule has 1 heteroatoms. The summed E-state index contributed by atoms with van der Waals surface area (Å²) in [7, 11) is 0. The Balaban J connectivity index is 1.12. The first-order chi connectivity index (χ1) is 19.1. The molecular formula is C38H47F. The molecule has 5 rings (SSSR count). The minimum atomic E-state index is -0.0935. The number of hydrogen-bond donors (Lipinski definition) is 0. The van der Waals surface area contributed by atoms with E-state index in [1.807, 2.05) is 12.1 Å². The van der Waals surface area contributed by atoms with E-state index in [-0.39, 0.29) is 5.82 Å². The SMILES string of the molecule is CCCC1CCC(c2ccc(C=Cc3ccc(C4CCC(C[C@@H](C)c5ccccc5)CC4)cc3F)cc2)CC1. The van der Waals surface area contributed by atoms with Gasteiger partial charge in [-0.2, -0.15) is 0 Å². The van der Waals surface area contributed by atoms with Crippen LogP contribution in [0.4, 0.5) is 4.39 Å². The molecule has 2 saturated carbocycles. The maximum absolute atomic E-state index is 15.1. The first-order valence-corrected chi connectivity index (χ1v) is 15.7. The number of benzene rings is 3. The third-order valence-electron chi connectivity index (χ3n) is 9.81.